The van der Waals surface area contributed by atoms with E-state index in [1.54, 1.807) is 18.2 Å². The van der Waals surface area contributed by atoms with E-state index in [2.05, 4.69) is 4.98 Å². The van der Waals surface area contributed by atoms with Crippen LogP contribution in [0.2, 0.25) is 0 Å². The van der Waals surface area contributed by atoms with Crippen LogP contribution in [0.3, 0.4) is 0 Å². The molecule has 1 N–H and O–H groups in total. The first-order chi connectivity index (χ1) is 11.1. The second-order valence-corrected chi connectivity index (χ2v) is 5.34. The molecule has 0 saturated heterocycles. The SMILES string of the molecule is CCOc1cc(-c2ccc(C)cc2)nc2ccc(C(=O)O)cc12. The Morgan fingerprint density at radius 2 is 1.87 bits per heavy atom. The summed E-state index contributed by atoms with van der Waals surface area (Å²) in [5.41, 5.74) is 3.94. The highest BCUT2D eigenvalue weighted by Crippen LogP contribution is 2.31. The van der Waals surface area contributed by atoms with Crippen LogP contribution < -0.4 is 4.74 Å². The topological polar surface area (TPSA) is 59.4 Å². The zero-order valence-corrected chi connectivity index (χ0v) is 13.0. The van der Waals surface area contributed by atoms with Gasteiger partial charge in [0.25, 0.3) is 0 Å². The van der Waals surface area contributed by atoms with E-state index in [4.69, 9.17) is 9.84 Å². The molecular formula is C19H17NO3. The summed E-state index contributed by atoms with van der Waals surface area (Å²) in [7, 11) is 0. The number of carboxylic acid groups (broad SMARTS) is 1. The van der Waals surface area contributed by atoms with E-state index < -0.39 is 5.97 Å². The van der Waals surface area contributed by atoms with Gasteiger partial charge in [-0.1, -0.05) is 29.8 Å². The Morgan fingerprint density at radius 3 is 2.52 bits per heavy atom. The lowest BCUT2D eigenvalue weighted by Gasteiger charge is -2.11. The average Bonchev–Trinajstić information content (AvgIpc) is 2.55. The van der Waals surface area contributed by atoms with Crippen molar-refractivity contribution in [1.82, 2.24) is 4.98 Å². The summed E-state index contributed by atoms with van der Waals surface area (Å²) < 4.78 is 5.71. The molecule has 0 amide bonds. The van der Waals surface area contributed by atoms with Gasteiger partial charge >= 0.3 is 5.97 Å². The van der Waals surface area contributed by atoms with E-state index in [-0.39, 0.29) is 5.56 Å². The van der Waals surface area contributed by atoms with Gasteiger partial charge < -0.3 is 9.84 Å². The van der Waals surface area contributed by atoms with Crippen molar-refractivity contribution in [2.75, 3.05) is 6.61 Å². The Morgan fingerprint density at radius 1 is 1.13 bits per heavy atom. The Hall–Kier alpha value is -2.88. The normalized spacial score (nSPS) is 10.7. The smallest absolute Gasteiger partial charge is 0.335 e. The van der Waals surface area contributed by atoms with Crippen LogP contribution in [0, 0.1) is 6.92 Å². The van der Waals surface area contributed by atoms with Crippen LogP contribution in [0.4, 0.5) is 0 Å². The number of aryl methyl sites for hydroxylation is 1. The molecule has 0 spiro atoms. The fourth-order valence-electron chi connectivity index (χ4n) is 2.48. The lowest BCUT2D eigenvalue weighted by Crippen LogP contribution is -1.99. The summed E-state index contributed by atoms with van der Waals surface area (Å²) in [6.45, 7) is 4.44. The summed E-state index contributed by atoms with van der Waals surface area (Å²) in [4.78, 5) is 15.8. The fraction of sp³-hybridized carbons (Fsp3) is 0.158. The van der Waals surface area contributed by atoms with Crippen LogP contribution in [-0.4, -0.2) is 22.7 Å². The van der Waals surface area contributed by atoms with Gasteiger partial charge in [-0.2, -0.15) is 0 Å². The maximum absolute atomic E-state index is 11.2. The molecule has 0 aliphatic heterocycles. The molecule has 4 nitrogen and oxygen atoms in total. The highest BCUT2D eigenvalue weighted by Gasteiger charge is 2.11. The maximum Gasteiger partial charge on any atom is 0.335 e. The van der Waals surface area contributed by atoms with Gasteiger partial charge in [0.05, 0.1) is 23.4 Å². The molecule has 23 heavy (non-hydrogen) atoms. The zero-order chi connectivity index (χ0) is 16.4. The zero-order valence-electron chi connectivity index (χ0n) is 13.0. The van der Waals surface area contributed by atoms with Gasteiger partial charge in [-0.25, -0.2) is 9.78 Å². The van der Waals surface area contributed by atoms with Gasteiger partial charge in [0.1, 0.15) is 5.75 Å². The molecule has 2 aromatic carbocycles. The predicted octanol–water partition coefficient (Wildman–Crippen LogP) is 4.31. The van der Waals surface area contributed by atoms with E-state index in [0.717, 1.165) is 16.8 Å². The van der Waals surface area contributed by atoms with Gasteiger partial charge in [0.15, 0.2) is 0 Å². The fourth-order valence-corrected chi connectivity index (χ4v) is 2.48. The first-order valence-corrected chi connectivity index (χ1v) is 7.46. The molecule has 116 valence electrons. The number of fused-ring (bicyclic) bond motifs is 1. The minimum atomic E-state index is -0.961. The number of aromatic carboxylic acids is 1. The second kappa shape index (κ2) is 6.08. The Kier molecular flexibility index (Phi) is 3.98. The number of nitrogens with zero attached hydrogens (tertiary/aromatic N) is 1. The van der Waals surface area contributed by atoms with Crippen molar-refractivity contribution in [3.05, 3.63) is 59.7 Å². The number of hydrogen-bond donors (Lipinski definition) is 1. The summed E-state index contributed by atoms with van der Waals surface area (Å²) in [6.07, 6.45) is 0. The van der Waals surface area contributed by atoms with Gasteiger partial charge in [0, 0.05) is 17.0 Å². The maximum atomic E-state index is 11.2. The largest absolute Gasteiger partial charge is 0.493 e. The molecule has 0 aliphatic carbocycles. The van der Waals surface area contributed by atoms with Crippen LogP contribution in [-0.2, 0) is 0 Å². The van der Waals surface area contributed by atoms with Gasteiger partial charge in [-0.15, -0.1) is 0 Å². The van der Waals surface area contributed by atoms with Crippen LogP contribution >= 0.6 is 0 Å². The van der Waals surface area contributed by atoms with Gasteiger partial charge in [-0.3, -0.25) is 0 Å². The van der Waals surface area contributed by atoms with Crippen molar-refractivity contribution in [3.8, 4) is 17.0 Å². The van der Waals surface area contributed by atoms with Crippen LogP contribution in [0.1, 0.15) is 22.8 Å². The van der Waals surface area contributed by atoms with Crippen molar-refractivity contribution in [2.45, 2.75) is 13.8 Å². The number of pyridine rings is 1. The molecule has 3 aromatic rings. The molecule has 3 rings (SSSR count). The molecular weight excluding hydrogens is 290 g/mol. The Bertz CT molecular complexity index is 870. The minimum Gasteiger partial charge on any atom is -0.493 e. The number of benzene rings is 2. The lowest BCUT2D eigenvalue weighted by atomic mass is 10.1. The molecule has 1 heterocycles. The average molecular weight is 307 g/mol. The van der Waals surface area contributed by atoms with Gasteiger partial charge in [-0.05, 0) is 32.0 Å². The van der Waals surface area contributed by atoms with E-state index in [9.17, 15) is 4.79 Å². The predicted molar refractivity (Wildman–Crippen MR) is 90.0 cm³/mol. The minimum absolute atomic E-state index is 0.225. The van der Waals surface area contributed by atoms with Crippen molar-refractivity contribution in [1.29, 1.82) is 0 Å². The summed E-state index contributed by atoms with van der Waals surface area (Å²) in [5.74, 6) is -0.312. The third-order valence-corrected chi connectivity index (χ3v) is 3.66. The Labute approximate surface area is 134 Å². The number of ether oxygens (including phenoxy) is 1. The van der Waals surface area contributed by atoms with Crippen LogP contribution in [0.5, 0.6) is 5.75 Å². The van der Waals surface area contributed by atoms with Crippen LogP contribution in [0.25, 0.3) is 22.2 Å². The molecule has 0 aliphatic rings. The van der Waals surface area contributed by atoms with Crippen molar-refractivity contribution >= 4 is 16.9 Å². The highest BCUT2D eigenvalue weighted by molar-refractivity contribution is 5.96. The second-order valence-electron chi connectivity index (χ2n) is 5.34. The summed E-state index contributed by atoms with van der Waals surface area (Å²) >= 11 is 0. The quantitative estimate of drug-likeness (QED) is 0.780. The summed E-state index contributed by atoms with van der Waals surface area (Å²) in [6, 6.07) is 14.9. The highest BCUT2D eigenvalue weighted by atomic mass is 16.5. The molecule has 0 atom stereocenters. The van der Waals surface area contributed by atoms with E-state index >= 15 is 0 Å². The molecule has 0 fully saturated rings. The monoisotopic (exact) mass is 307 g/mol. The molecule has 0 radical (unpaired) electrons. The number of rotatable bonds is 4. The first kappa shape index (κ1) is 15.0. The van der Waals surface area contributed by atoms with Gasteiger partial charge in [0.2, 0.25) is 0 Å². The van der Waals surface area contributed by atoms with E-state index in [1.165, 1.54) is 5.56 Å². The third kappa shape index (κ3) is 3.01. The number of carboxylic acids is 1. The Balaban J connectivity index is 2.20. The number of hydrogen-bond acceptors (Lipinski definition) is 3. The lowest BCUT2D eigenvalue weighted by molar-refractivity contribution is 0.0697. The molecule has 0 unspecified atom stereocenters. The van der Waals surface area contributed by atoms with Crippen molar-refractivity contribution in [2.24, 2.45) is 0 Å². The number of aromatic nitrogens is 1. The molecule has 4 heteroatoms. The standard InChI is InChI=1S/C19H17NO3/c1-3-23-18-11-17(13-6-4-12(2)5-7-13)20-16-9-8-14(19(21)22)10-15(16)18/h4-11H,3H2,1-2H3,(H,21,22). The summed E-state index contributed by atoms with van der Waals surface area (Å²) in [5, 5.41) is 9.87. The number of carbonyl (C=O) groups is 1. The van der Waals surface area contributed by atoms with E-state index in [0.29, 0.717) is 17.7 Å². The third-order valence-electron chi connectivity index (χ3n) is 3.66. The molecule has 1 aromatic heterocycles. The molecule has 0 bridgehead atoms. The first-order valence-electron chi connectivity index (χ1n) is 7.46. The van der Waals surface area contributed by atoms with Crippen molar-refractivity contribution < 1.29 is 14.6 Å². The molecule has 0 saturated carbocycles. The van der Waals surface area contributed by atoms with E-state index in [1.807, 2.05) is 44.2 Å². The van der Waals surface area contributed by atoms with Crippen molar-refractivity contribution in [3.63, 3.8) is 0 Å². The van der Waals surface area contributed by atoms with Crippen LogP contribution in [0.15, 0.2) is 48.5 Å².